The molecule has 0 saturated heterocycles. The first-order chi connectivity index (χ1) is 12.7. The van der Waals surface area contributed by atoms with E-state index in [0.29, 0.717) is 4.70 Å². The maximum absolute atomic E-state index is 13.2. The first-order valence-electron chi connectivity index (χ1n) is 7.30. The van der Waals surface area contributed by atoms with E-state index >= 15 is 0 Å². The zero-order valence-corrected chi connectivity index (χ0v) is 16.2. The zero-order valence-electron chi connectivity index (χ0n) is 13.1. The van der Waals surface area contributed by atoms with E-state index in [9.17, 15) is 23.2 Å². The number of nitrogens with zero attached hydrogens (tertiary/aromatic N) is 1. The lowest BCUT2D eigenvalue weighted by Gasteiger charge is -2.10. The lowest BCUT2D eigenvalue weighted by atomic mass is 10.2. The second-order valence-corrected chi connectivity index (χ2v) is 9.26. The number of H-pyrrole nitrogens is 1. The van der Waals surface area contributed by atoms with E-state index < -0.39 is 21.1 Å². The van der Waals surface area contributed by atoms with Crippen LogP contribution >= 0.6 is 34.5 Å². The fourth-order valence-electron chi connectivity index (χ4n) is 2.76. The summed E-state index contributed by atoms with van der Waals surface area (Å²) in [6, 6.07) is 6.94. The van der Waals surface area contributed by atoms with Crippen molar-refractivity contribution in [3.63, 3.8) is 0 Å². The Morgan fingerprint density at radius 1 is 1.07 bits per heavy atom. The van der Waals surface area contributed by atoms with Gasteiger partial charge in [-0.2, -0.15) is 0 Å². The summed E-state index contributed by atoms with van der Waals surface area (Å²) < 4.78 is 26.9. The molecule has 2 aromatic heterocycles. The Morgan fingerprint density at radius 2 is 1.81 bits per heavy atom. The second kappa shape index (κ2) is 6.10. The van der Waals surface area contributed by atoms with E-state index in [2.05, 4.69) is 4.98 Å². The molecule has 0 saturated carbocycles. The van der Waals surface area contributed by atoms with Gasteiger partial charge in [0.1, 0.15) is 0 Å². The molecule has 2 N–H and O–H groups in total. The predicted molar refractivity (Wildman–Crippen MR) is 103 cm³/mol. The highest BCUT2D eigenvalue weighted by Crippen LogP contribution is 2.35. The number of nitrogens with one attached hydrogen (secondary N) is 1. The van der Waals surface area contributed by atoms with Crippen molar-refractivity contribution >= 4 is 65.4 Å². The third-order valence-electron chi connectivity index (χ3n) is 4.04. The molecular formula is C16H8Cl2N2O5S2. The maximum atomic E-state index is 13.2. The molecule has 0 amide bonds. The third-order valence-corrected chi connectivity index (χ3v) is 7.31. The summed E-state index contributed by atoms with van der Waals surface area (Å²) in [6.07, 6.45) is 0. The van der Waals surface area contributed by atoms with E-state index in [1.54, 1.807) is 11.4 Å². The summed E-state index contributed by atoms with van der Waals surface area (Å²) in [6.45, 7) is 0. The molecule has 0 bridgehead atoms. The topological polar surface area (TPSA) is 109 Å². The third kappa shape index (κ3) is 2.66. The van der Waals surface area contributed by atoms with Crippen molar-refractivity contribution in [3.05, 3.63) is 66.6 Å². The molecule has 7 nitrogen and oxygen atoms in total. The molecule has 27 heavy (non-hydrogen) atoms. The molecule has 11 heteroatoms. The van der Waals surface area contributed by atoms with Gasteiger partial charge >= 0.3 is 5.69 Å². The van der Waals surface area contributed by atoms with Crippen molar-refractivity contribution in [3.8, 4) is 0 Å². The number of sulfone groups is 1. The average molecular weight is 443 g/mol. The number of fused-ring (bicyclic) bond motifs is 2. The smallest absolute Gasteiger partial charge is 0.362 e. The van der Waals surface area contributed by atoms with Crippen molar-refractivity contribution in [1.82, 2.24) is 9.71 Å². The number of rotatable bonds is 2. The van der Waals surface area contributed by atoms with Gasteiger partial charge in [0.25, 0.3) is 5.56 Å². The molecule has 4 rings (SSSR count). The van der Waals surface area contributed by atoms with Crippen LogP contribution in [-0.2, 0) is 9.84 Å². The minimum Gasteiger partial charge on any atom is -0.421 e. The van der Waals surface area contributed by atoms with Gasteiger partial charge < -0.3 is 10.2 Å². The molecular weight excluding hydrogens is 435 g/mol. The van der Waals surface area contributed by atoms with Gasteiger partial charge in [-0.15, -0.1) is 11.3 Å². The largest absolute Gasteiger partial charge is 0.421 e. The van der Waals surface area contributed by atoms with Gasteiger partial charge in [-0.3, -0.25) is 4.79 Å². The zero-order chi connectivity index (χ0) is 19.5. The van der Waals surface area contributed by atoms with Gasteiger partial charge in [0.05, 0.1) is 30.7 Å². The second-order valence-electron chi connectivity index (χ2n) is 5.58. The first-order valence-corrected chi connectivity index (χ1v) is 10.4. The van der Waals surface area contributed by atoms with Crippen LogP contribution in [0.25, 0.3) is 21.0 Å². The van der Waals surface area contributed by atoms with Crippen LogP contribution in [0.2, 0.25) is 10.0 Å². The molecule has 4 aromatic rings. The minimum atomic E-state index is -4.16. The normalized spacial score (nSPS) is 12.1. The number of aromatic nitrogens is 2. The van der Waals surface area contributed by atoms with Gasteiger partial charge in [-0.1, -0.05) is 27.9 Å². The van der Waals surface area contributed by atoms with Crippen LogP contribution in [0.15, 0.2) is 55.1 Å². The van der Waals surface area contributed by atoms with Crippen molar-refractivity contribution in [2.75, 3.05) is 0 Å². The van der Waals surface area contributed by atoms with Gasteiger partial charge in [-0.25, -0.2) is 13.2 Å². The van der Waals surface area contributed by atoms with Crippen LogP contribution in [0.5, 0.6) is 0 Å². The van der Waals surface area contributed by atoms with Crippen LogP contribution in [0.3, 0.4) is 0 Å². The number of thiophene rings is 1. The molecule has 0 aliphatic rings. The summed E-state index contributed by atoms with van der Waals surface area (Å²) in [7, 11) is -4.16. The standard InChI is InChI=1S/C16H8Cl2N2O5S2/c17-9-1-2-12(14-13(9)15(21)20(23)16(22)19-14)27(24,25)7-5-10(18)8-3-4-26-11(8)6-7/h1-6,23H,(H,19,22). The van der Waals surface area contributed by atoms with Gasteiger partial charge in [-0.05, 0) is 35.7 Å². The van der Waals surface area contributed by atoms with Gasteiger partial charge in [0, 0.05) is 10.1 Å². The first kappa shape index (κ1) is 18.1. The quantitative estimate of drug-likeness (QED) is 0.462. The highest BCUT2D eigenvalue weighted by atomic mass is 35.5. The summed E-state index contributed by atoms with van der Waals surface area (Å²) in [5, 5.41) is 11.8. The average Bonchev–Trinajstić information content (AvgIpc) is 3.09. The Hall–Kier alpha value is -2.33. The number of aromatic amines is 1. The maximum Gasteiger partial charge on any atom is 0.362 e. The fraction of sp³-hybridized carbons (Fsp3) is 0. The van der Waals surface area contributed by atoms with Crippen LogP contribution in [0.1, 0.15) is 0 Å². The van der Waals surface area contributed by atoms with E-state index in [-0.39, 0.29) is 35.5 Å². The number of hydrogen-bond donors (Lipinski definition) is 2. The van der Waals surface area contributed by atoms with Crippen LogP contribution in [0, 0.1) is 0 Å². The molecule has 0 atom stereocenters. The molecule has 0 spiro atoms. The van der Waals surface area contributed by atoms with Gasteiger partial charge in [0.2, 0.25) is 9.84 Å². The molecule has 0 aliphatic carbocycles. The lowest BCUT2D eigenvalue weighted by Crippen LogP contribution is -2.33. The van der Waals surface area contributed by atoms with Crippen LogP contribution < -0.4 is 11.2 Å². The SMILES string of the molecule is O=c1[nH]c2c(S(=O)(=O)c3cc(Cl)c4ccsc4c3)ccc(Cl)c2c(=O)n1O. The Bertz CT molecular complexity index is 1470. The van der Waals surface area contributed by atoms with Crippen molar-refractivity contribution in [2.45, 2.75) is 9.79 Å². The van der Waals surface area contributed by atoms with Gasteiger partial charge in [0.15, 0.2) is 0 Å². The molecule has 2 aromatic carbocycles. The monoisotopic (exact) mass is 442 g/mol. The fourth-order valence-corrected chi connectivity index (χ4v) is 5.79. The molecule has 0 unspecified atom stereocenters. The van der Waals surface area contributed by atoms with Crippen molar-refractivity contribution in [1.29, 1.82) is 0 Å². The summed E-state index contributed by atoms with van der Waals surface area (Å²) >= 11 is 13.5. The highest BCUT2D eigenvalue weighted by molar-refractivity contribution is 7.91. The lowest BCUT2D eigenvalue weighted by molar-refractivity contribution is 0.162. The molecule has 0 fully saturated rings. The summed E-state index contributed by atoms with van der Waals surface area (Å²) in [5.41, 5.74) is -2.59. The van der Waals surface area contributed by atoms with Crippen molar-refractivity contribution in [2.24, 2.45) is 0 Å². The highest BCUT2D eigenvalue weighted by Gasteiger charge is 2.25. The molecule has 2 heterocycles. The van der Waals surface area contributed by atoms with E-state index in [0.717, 1.165) is 5.39 Å². The van der Waals surface area contributed by atoms with Crippen molar-refractivity contribution < 1.29 is 13.6 Å². The Kier molecular flexibility index (Phi) is 4.08. The predicted octanol–water partition coefficient (Wildman–Crippen LogP) is 3.28. The summed E-state index contributed by atoms with van der Waals surface area (Å²) in [4.78, 5) is 25.7. The number of benzene rings is 2. The Labute approximate surface area is 164 Å². The van der Waals surface area contributed by atoms with E-state index in [1.165, 1.54) is 35.6 Å². The van der Waals surface area contributed by atoms with Crippen LogP contribution in [0.4, 0.5) is 0 Å². The molecule has 138 valence electrons. The van der Waals surface area contributed by atoms with E-state index in [4.69, 9.17) is 23.2 Å². The van der Waals surface area contributed by atoms with Crippen LogP contribution in [-0.4, -0.2) is 23.3 Å². The Morgan fingerprint density at radius 3 is 2.56 bits per heavy atom. The van der Waals surface area contributed by atoms with E-state index in [1.807, 2.05) is 0 Å². The minimum absolute atomic E-state index is 0.0971. The number of halogens is 2. The number of hydrogen-bond acceptors (Lipinski definition) is 6. The molecule has 0 radical (unpaired) electrons. The Balaban J connectivity index is 2.10. The summed E-state index contributed by atoms with van der Waals surface area (Å²) in [5.74, 6) is 0. The molecule has 0 aliphatic heterocycles.